The van der Waals surface area contributed by atoms with Gasteiger partial charge in [0.1, 0.15) is 0 Å². The lowest BCUT2D eigenvalue weighted by molar-refractivity contribution is 0.494. The lowest BCUT2D eigenvalue weighted by atomic mass is 10.2. The number of hydrogen-bond donors (Lipinski definition) is 0. The fourth-order valence-electron chi connectivity index (χ4n) is 1.26. The molecule has 0 N–H and O–H groups in total. The summed E-state index contributed by atoms with van der Waals surface area (Å²) in [6.45, 7) is 6.83. The van der Waals surface area contributed by atoms with Gasteiger partial charge in [0.15, 0.2) is 0 Å². The Morgan fingerprint density at radius 3 is 3.13 bits per heavy atom. The summed E-state index contributed by atoms with van der Waals surface area (Å²) in [6, 6.07) is 0. The maximum atomic E-state index is 4.40. The van der Waals surface area contributed by atoms with E-state index in [1.54, 1.807) is 4.80 Å². The molecular formula is C11H19N3S. The normalized spacial score (nSPS) is 10.5. The molecule has 4 heteroatoms. The molecule has 0 bridgehead atoms. The van der Waals surface area contributed by atoms with Gasteiger partial charge in [-0.05, 0) is 6.42 Å². The molecule has 1 aromatic heterocycles. The number of aromatic nitrogens is 3. The maximum Gasteiger partial charge on any atom is 0.0926 e. The third-order valence-electron chi connectivity index (χ3n) is 2.03. The second-order valence-corrected chi connectivity index (χ2v) is 4.47. The van der Waals surface area contributed by atoms with E-state index >= 15 is 0 Å². The number of rotatable bonds is 8. The first-order chi connectivity index (χ1) is 7.36. The lowest BCUT2D eigenvalue weighted by Gasteiger charge is -1.97. The van der Waals surface area contributed by atoms with E-state index in [0.29, 0.717) is 0 Å². The molecule has 0 spiro atoms. The number of thioether (sulfide) groups is 1. The zero-order chi connectivity index (χ0) is 10.9. The first-order valence-electron chi connectivity index (χ1n) is 5.44. The van der Waals surface area contributed by atoms with Crippen molar-refractivity contribution in [3.05, 3.63) is 24.5 Å². The van der Waals surface area contributed by atoms with Crippen molar-refractivity contribution in [3.63, 3.8) is 0 Å². The van der Waals surface area contributed by atoms with Gasteiger partial charge in [-0.2, -0.15) is 26.8 Å². The predicted molar refractivity (Wildman–Crippen MR) is 65.9 cm³/mol. The van der Waals surface area contributed by atoms with E-state index in [9.17, 15) is 0 Å². The molecule has 0 aliphatic heterocycles. The van der Waals surface area contributed by atoms with Crippen LogP contribution in [-0.2, 0) is 12.3 Å². The summed E-state index contributed by atoms with van der Waals surface area (Å²) in [5.41, 5.74) is 1.07. The standard InChI is InChI=1S/C11H19N3S/c1-3-5-6-7-14-12-9-11(13-14)10-15-8-4-2/h4,9H,2-3,5-8,10H2,1H3. The van der Waals surface area contributed by atoms with E-state index in [4.69, 9.17) is 0 Å². The molecule has 0 aliphatic carbocycles. The first-order valence-corrected chi connectivity index (χ1v) is 6.60. The fourth-order valence-corrected chi connectivity index (χ4v) is 1.88. The average molecular weight is 225 g/mol. The van der Waals surface area contributed by atoms with E-state index < -0.39 is 0 Å². The van der Waals surface area contributed by atoms with Crippen molar-refractivity contribution in [2.45, 2.75) is 38.5 Å². The molecule has 0 amide bonds. The van der Waals surface area contributed by atoms with Gasteiger partial charge in [0.25, 0.3) is 0 Å². The van der Waals surface area contributed by atoms with E-state index in [1.807, 2.05) is 24.0 Å². The molecule has 3 nitrogen and oxygen atoms in total. The highest BCUT2D eigenvalue weighted by atomic mass is 32.2. The third-order valence-corrected chi connectivity index (χ3v) is 3.00. The minimum Gasteiger partial charge on any atom is -0.185 e. The number of hydrogen-bond acceptors (Lipinski definition) is 3. The Labute approximate surface area is 95.9 Å². The maximum absolute atomic E-state index is 4.40. The topological polar surface area (TPSA) is 30.7 Å². The van der Waals surface area contributed by atoms with Crippen molar-refractivity contribution in [2.24, 2.45) is 0 Å². The van der Waals surface area contributed by atoms with Gasteiger partial charge in [0.05, 0.1) is 18.4 Å². The minimum absolute atomic E-state index is 0.930. The monoisotopic (exact) mass is 225 g/mol. The van der Waals surface area contributed by atoms with Crippen molar-refractivity contribution in [2.75, 3.05) is 5.75 Å². The van der Waals surface area contributed by atoms with Gasteiger partial charge in [-0.1, -0.05) is 25.8 Å². The van der Waals surface area contributed by atoms with Crippen LogP contribution < -0.4 is 0 Å². The van der Waals surface area contributed by atoms with Crippen molar-refractivity contribution in [3.8, 4) is 0 Å². The molecule has 0 atom stereocenters. The van der Waals surface area contributed by atoms with Gasteiger partial charge in [0, 0.05) is 11.5 Å². The molecule has 0 aromatic carbocycles. The fraction of sp³-hybridized carbons (Fsp3) is 0.636. The Hall–Kier alpha value is -0.770. The molecule has 1 rings (SSSR count). The summed E-state index contributed by atoms with van der Waals surface area (Å²) in [7, 11) is 0. The molecule has 0 saturated heterocycles. The highest BCUT2D eigenvalue weighted by molar-refractivity contribution is 7.98. The molecule has 0 fully saturated rings. The summed E-state index contributed by atoms with van der Waals surface area (Å²) in [4.78, 5) is 1.81. The molecule has 0 aliphatic rings. The van der Waals surface area contributed by atoms with E-state index in [-0.39, 0.29) is 0 Å². The molecular weight excluding hydrogens is 206 g/mol. The van der Waals surface area contributed by atoms with Crippen molar-refractivity contribution < 1.29 is 0 Å². The van der Waals surface area contributed by atoms with Crippen molar-refractivity contribution in [1.82, 2.24) is 15.0 Å². The Bertz CT molecular complexity index is 283. The van der Waals surface area contributed by atoms with Crippen LogP contribution in [0.3, 0.4) is 0 Å². The van der Waals surface area contributed by atoms with Crippen molar-refractivity contribution in [1.29, 1.82) is 0 Å². The summed E-state index contributed by atoms with van der Waals surface area (Å²) >= 11 is 1.81. The Morgan fingerprint density at radius 1 is 1.53 bits per heavy atom. The van der Waals surface area contributed by atoms with Gasteiger partial charge in [-0.15, -0.1) is 6.58 Å². The molecule has 0 saturated carbocycles. The number of nitrogens with zero attached hydrogens (tertiary/aromatic N) is 3. The molecule has 0 unspecified atom stereocenters. The lowest BCUT2D eigenvalue weighted by Crippen LogP contribution is -2.02. The Balaban J connectivity index is 2.25. The second-order valence-electron chi connectivity index (χ2n) is 3.44. The first kappa shape index (κ1) is 12.3. The van der Waals surface area contributed by atoms with E-state index in [0.717, 1.165) is 23.7 Å². The third kappa shape index (κ3) is 5.02. The molecule has 15 heavy (non-hydrogen) atoms. The zero-order valence-electron chi connectivity index (χ0n) is 9.35. The number of aryl methyl sites for hydroxylation is 1. The Kier molecular flexibility index (Phi) is 6.16. The summed E-state index contributed by atoms with van der Waals surface area (Å²) < 4.78 is 0. The molecule has 1 aromatic rings. The molecule has 1 heterocycles. The van der Waals surface area contributed by atoms with Crippen LogP contribution in [0.15, 0.2) is 18.9 Å². The van der Waals surface area contributed by atoms with Gasteiger partial charge in [-0.3, -0.25) is 0 Å². The van der Waals surface area contributed by atoms with Crippen LogP contribution >= 0.6 is 11.8 Å². The van der Waals surface area contributed by atoms with Gasteiger partial charge < -0.3 is 0 Å². The number of unbranched alkanes of at least 4 members (excludes halogenated alkanes) is 2. The SMILES string of the molecule is C=CCSCc1cnn(CCCCC)n1. The predicted octanol–water partition coefficient (Wildman–Crippen LogP) is 2.89. The van der Waals surface area contributed by atoms with Gasteiger partial charge in [0.2, 0.25) is 0 Å². The highest BCUT2D eigenvalue weighted by Crippen LogP contribution is 2.08. The smallest absolute Gasteiger partial charge is 0.0926 e. The van der Waals surface area contributed by atoms with Gasteiger partial charge in [-0.25, -0.2) is 0 Å². The van der Waals surface area contributed by atoms with Crippen LogP contribution in [0.1, 0.15) is 31.9 Å². The summed E-state index contributed by atoms with van der Waals surface area (Å²) in [6.07, 6.45) is 7.44. The second kappa shape index (κ2) is 7.51. The molecule has 0 radical (unpaired) electrons. The van der Waals surface area contributed by atoms with Crippen LogP contribution in [0.4, 0.5) is 0 Å². The van der Waals surface area contributed by atoms with E-state index in [2.05, 4.69) is 23.7 Å². The van der Waals surface area contributed by atoms with Crippen LogP contribution in [0.2, 0.25) is 0 Å². The van der Waals surface area contributed by atoms with Crippen LogP contribution in [0.5, 0.6) is 0 Å². The van der Waals surface area contributed by atoms with Crippen LogP contribution in [0.25, 0.3) is 0 Å². The van der Waals surface area contributed by atoms with Crippen molar-refractivity contribution >= 4 is 11.8 Å². The van der Waals surface area contributed by atoms with E-state index in [1.165, 1.54) is 19.3 Å². The quantitative estimate of drug-likeness (QED) is 0.503. The van der Waals surface area contributed by atoms with Gasteiger partial charge >= 0.3 is 0 Å². The Morgan fingerprint density at radius 2 is 2.40 bits per heavy atom. The largest absolute Gasteiger partial charge is 0.185 e. The zero-order valence-corrected chi connectivity index (χ0v) is 10.2. The summed E-state index contributed by atoms with van der Waals surface area (Å²) in [5.74, 6) is 1.91. The van der Waals surface area contributed by atoms with Crippen LogP contribution in [0, 0.1) is 0 Å². The average Bonchev–Trinajstić information content (AvgIpc) is 2.67. The summed E-state index contributed by atoms with van der Waals surface area (Å²) in [5, 5.41) is 8.64. The van der Waals surface area contributed by atoms with Crippen LogP contribution in [-0.4, -0.2) is 20.7 Å². The highest BCUT2D eigenvalue weighted by Gasteiger charge is 1.99. The minimum atomic E-state index is 0.930. The molecule has 84 valence electrons.